The van der Waals surface area contributed by atoms with Crippen LogP contribution in [-0.4, -0.2) is 44.7 Å². The van der Waals surface area contributed by atoms with Gasteiger partial charge in [0.1, 0.15) is 17.2 Å². The number of halogens is 1. The molecule has 4 rings (SSSR count). The molecule has 0 aromatic carbocycles. The van der Waals surface area contributed by atoms with Gasteiger partial charge >= 0.3 is 0 Å². The van der Waals surface area contributed by atoms with Gasteiger partial charge in [0.05, 0.1) is 25.5 Å². The highest BCUT2D eigenvalue weighted by Crippen LogP contribution is 2.38. The number of nitrogens with zero attached hydrogens (tertiary/aromatic N) is 5. The van der Waals surface area contributed by atoms with E-state index in [1.807, 2.05) is 26.8 Å². The second-order valence-corrected chi connectivity index (χ2v) is 8.42. The maximum atomic E-state index is 13.9. The van der Waals surface area contributed by atoms with Gasteiger partial charge in [-0.1, -0.05) is 0 Å². The third-order valence-electron chi connectivity index (χ3n) is 5.03. The number of hydrogen-bond acceptors (Lipinski definition) is 6. The van der Waals surface area contributed by atoms with Crippen molar-refractivity contribution >= 4 is 17.4 Å². The zero-order chi connectivity index (χ0) is 21.5. The Morgan fingerprint density at radius 1 is 1.33 bits per heavy atom. The van der Waals surface area contributed by atoms with Crippen LogP contribution in [0.3, 0.4) is 0 Å². The summed E-state index contributed by atoms with van der Waals surface area (Å²) >= 11 is 0. The van der Waals surface area contributed by atoms with Crippen molar-refractivity contribution in [1.82, 2.24) is 24.9 Å². The normalized spacial score (nSPS) is 16.8. The highest BCUT2D eigenvalue weighted by molar-refractivity contribution is 6.00. The third kappa shape index (κ3) is 3.79. The zero-order valence-corrected chi connectivity index (χ0v) is 17.5. The number of carbonyl (C=O) groups is 1. The number of pyridine rings is 1. The van der Waals surface area contributed by atoms with Gasteiger partial charge < -0.3 is 15.0 Å². The lowest BCUT2D eigenvalue weighted by molar-refractivity contribution is 0.0921. The Morgan fingerprint density at radius 3 is 2.87 bits per heavy atom. The van der Waals surface area contributed by atoms with E-state index in [1.54, 1.807) is 10.7 Å². The van der Waals surface area contributed by atoms with E-state index in [4.69, 9.17) is 9.72 Å². The number of amides is 1. The summed E-state index contributed by atoms with van der Waals surface area (Å²) in [5.41, 5.74) is 1.21. The molecule has 1 atom stereocenters. The van der Waals surface area contributed by atoms with E-state index in [-0.39, 0.29) is 17.5 Å². The molecule has 30 heavy (non-hydrogen) atoms. The van der Waals surface area contributed by atoms with Crippen LogP contribution in [0.2, 0.25) is 0 Å². The molecule has 0 aliphatic carbocycles. The van der Waals surface area contributed by atoms with E-state index in [2.05, 4.69) is 20.3 Å². The lowest BCUT2D eigenvalue weighted by Crippen LogP contribution is -2.40. The molecular formula is C21H25FN6O2. The molecule has 1 aliphatic rings. The van der Waals surface area contributed by atoms with Gasteiger partial charge in [0.2, 0.25) is 5.88 Å². The maximum Gasteiger partial charge on any atom is 0.257 e. The molecule has 0 saturated carbocycles. The van der Waals surface area contributed by atoms with Crippen molar-refractivity contribution in [3.05, 3.63) is 47.7 Å². The molecule has 158 valence electrons. The van der Waals surface area contributed by atoms with Gasteiger partial charge in [0.15, 0.2) is 5.65 Å². The first kappa shape index (κ1) is 20.1. The van der Waals surface area contributed by atoms with E-state index in [0.29, 0.717) is 28.5 Å². The number of ether oxygens (including phenoxy) is 1. The van der Waals surface area contributed by atoms with Crippen LogP contribution >= 0.6 is 0 Å². The molecular weight excluding hydrogens is 387 g/mol. The van der Waals surface area contributed by atoms with Crippen LogP contribution in [0.5, 0.6) is 5.88 Å². The van der Waals surface area contributed by atoms with Crippen LogP contribution in [0, 0.1) is 5.82 Å². The minimum atomic E-state index is -0.405. The van der Waals surface area contributed by atoms with Crippen LogP contribution in [0.1, 0.15) is 55.6 Å². The summed E-state index contributed by atoms with van der Waals surface area (Å²) < 4.78 is 20.8. The Balaban J connectivity index is 1.71. The van der Waals surface area contributed by atoms with Crippen molar-refractivity contribution in [2.75, 3.05) is 18.6 Å². The molecule has 9 heteroatoms. The molecule has 1 amide bonds. The van der Waals surface area contributed by atoms with Crippen molar-refractivity contribution in [3.8, 4) is 5.88 Å². The van der Waals surface area contributed by atoms with Crippen molar-refractivity contribution < 1.29 is 13.9 Å². The molecule has 1 saturated heterocycles. The Hall–Kier alpha value is -3.23. The van der Waals surface area contributed by atoms with Crippen LogP contribution in [0.25, 0.3) is 5.65 Å². The minimum Gasteiger partial charge on any atom is -0.481 e. The lowest BCUT2D eigenvalue weighted by atomic mass is 10.1. The average Bonchev–Trinajstić information content (AvgIpc) is 3.33. The third-order valence-corrected chi connectivity index (χ3v) is 5.03. The predicted octanol–water partition coefficient (Wildman–Crippen LogP) is 3.14. The van der Waals surface area contributed by atoms with E-state index in [0.717, 1.165) is 25.6 Å². The molecule has 0 radical (unpaired) electrons. The summed E-state index contributed by atoms with van der Waals surface area (Å²) in [6.45, 7) is 6.52. The number of anilines is 1. The van der Waals surface area contributed by atoms with Crippen molar-refractivity contribution in [3.63, 3.8) is 0 Å². The molecule has 1 unspecified atom stereocenters. The zero-order valence-electron chi connectivity index (χ0n) is 17.5. The summed E-state index contributed by atoms with van der Waals surface area (Å²) in [6, 6.07) is 3.20. The number of carbonyl (C=O) groups excluding carboxylic acids is 1. The number of fused-ring (bicyclic) bond motifs is 1. The predicted molar refractivity (Wildman–Crippen MR) is 110 cm³/mol. The second-order valence-electron chi connectivity index (χ2n) is 8.42. The van der Waals surface area contributed by atoms with Gasteiger partial charge in [-0.3, -0.25) is 4.79 Å². The van der Waals surface area contributed by atoms with Crippen molar-refractivity contribution in [2.45, 2.75) is 45.2 Å². The van der Waals surface area contributed by atoms with Crippen LogP contribution in [0.15, 0.2) is 30.7 Å². The molecule has 4 heterocycles. The standard InChI is InChI=1S/C21H25FN6O2/c1-21(2,3)26-19(29)15-12-24-28-9-7-17(25-18(15)28)27-8-5-6-16(27)14-10-13(22)11-23-20(14)30-4/h7,9-12,16H,5-6,8H2,1-4H3,(H,26,29). The maximum absolute atomic E-state index is 13.9. The Morgan fingerprint density at radius 2 is 2.13 bits per heavy atom. The number of rotatable bonds is 4. The Bertz CT molecular complexity index is 1090. The number of methoxy groups -OCH3 is 1. The number of nitrogens with one attached hydrogen (secondary N) is 1. The molecule has 0 spiro atoms. The quantitative estimate of drug-likeness (QED) is 0.709. The van der Waals surface area contributed by atoms with Gasteiger partial charge in [-0.05, 0) is 45.7 Å². The monoisotopic (exact) mass is 412 g/mol. The molecule has 1 aliphatic heterocycles. The summed E-state index contributed by atoms with van der Waals surface area (Å²) in [5.74, 6) is 0.472. The van der Waals surface area contributed by atoms with E-state index >= 15 is 0 Å². The largest absolute Gasteiger partial charge is 0.481 e. The van der Waals surface area contributed by atoms with Gasteiger partial charge in [0.25, 0.3) is 5.91 Å². The smallest absolute Gasteiger partial charge is 0.257 e. The van der Waals surface area contributed by atoms with Gasteiger partial charge in [-0.2, -0.15) is 5.10 Å². The van der Waals surface area contributed by atoms with Gasteiger partial charge in [-0.25, -0.2) is 18.9 Å². The summed E-state index contributed by atoms with van der Waals surface area (Å²) in [7, 11) is 1.53. The average molecular weight is 412 g/mol. The second kappa shape index (κ2) is 7.55. The van der Waals surface area contributed by atoms with E-state index in [1.165, 1.54) is 19.4 Å². The van der Waals surface area contributed by atoms with Crippen LogP contribution in [-0.2, 0) is 0 Å². The molecule has 8 nitrogen and oxygen atoms in total. The van der Waals surface area contributed by atoms with Crippen molar-refractivity contribution in [2.24, 2.45) is 0 Å². The molecule has 1 fully saturated rings. The van der Waals surface area contributed by atoms with Crippen LogP contribution < -0.4 is 15.0 Å². The number of hydrogen-bond donors (Lipinski definition) is 1. The Kier molecular flexibility index (Phi) is 5.05. The SMILES string of the molecule is COc1ncc(F)cc1C1CCCN1c1ccn2ncc(C(=O)NC(C)(C)C)c2n1. The molecule has 3 aromatic rings. The fourth-order valence-corrected chi connectivity index (χ4v) is 3.80. The Labute approximate surface area is 174 Å². The fraction of sp³-hybridized carbons (Fsp3) is 0.429. The minimum absolute atomic E-state index is 0.118. The molecule has 1 N–H and O–H groups in total. The van der Waals surface area contributed by atoms with Crippen molar-refractivity contribution in [1.29, 1.82) is 0 Å². The number of aromatic nitrogens is 4. The fourth-order valence-electron chi connectivity index (χ4n) is 3.80. The van der Waals surface area contributed by atoms with Crippen LogP contribution in [0.4, 0.5) is 10.2 Å². The lowest BCUT2D eigenvalue weighted by Gasteiger charge is -2.27. The highest BCUT2D eigenvalue weighted by atomic mass is 19.1. The molecule has 0 bridgehead atoms. The van der Waals surface area contributed by atoms with Gasteiger partial charge in [-0.15, -0.1) is 0 Å². The first-order valence-corrected chi connectivity index (χ1v) is 9.90. The van der Waals surface area contributed by atoms with E-state index < -0.39 is 5.82 Å². The first-order chi connectivity index (χ1) is 14.3. The van der Waals surface area contributed by atoms with E-state index in [9.17, 15) is 9.18 Å². The highest BCUT2D eigenvalue weighted by Gasteiger charge is 2.31. The summed E-state index contributed by atoms with van der Waals surface area (Å²) in [5, 5.41) is 7.20. The first-order valence-electron chi connectivity index (χ1n) is 9.90. The summed E-state index contributed by atoms with van der Waals surface area (Å²) in [4.78, 5) is 23.6. The van der Waals surface area contributed by atoms with Gasteiger partial charge in [0, 0.05) is 23.8 Å². The topological polar surface area (TPSA) is 84.6 Å². The molecule has 3 aromatic heterocycles. The summed E-state index contributed by atoms with van der Waals surface area (Å²) in [6.07, 6.45) is 6.20.